The number of hydrogen-bond acceptors (Lipinski definition) is 5. The van der Waals surface area contributed by atoms with Gasteiger partial charge < -0.3 is 20.7 Å². The lowest BCUT2D eigenvalue weighted by molar-refractivity contribution is -0.150. The smallest absolute Gasteiger partial charge is 0.331 e. The molecule has 0 rings (SSSR count). The van der Waals surface area contributed by atoms with Gasteiger partial charge in [-0.15, -0.1) is 0 Å². The summed E-state index contributed by atoms with van der Waals surface area (Å²) in [6.07, 6.45) is 0. The van der Waals surface area contributed by atoms with Gasteiger partial charge in [-0.25, -0.2) is 4.79 Å². The molecule has 0 spiro atoms. The minimum Gasteiger partial charge on any atom is -0.480 e. The second-order valence-electron chi connectivity index (χ2n) is 1.79. The molecule has 4 N–H and O–H groups in total. The van der Waals surface area contributed by atoms with Crippen LogP contribution < -0.4 is 5.73 Å². The zero-order chi connectivity index (χ0) is 8.85. The third kappa shape index (κ3) is 4.29. The predicted octanol–water partition coefficient (Wildman–Crippen LogP) is -2.07. The van der Waals surface area contributed by atoms with Crippen LogP contribution in [0.5, 0.6) is 0 Å². The second kappa shape index (κ2) is 4.64. The third-order valence-electron chi connectivity index (χ3n) is 0.870. The molecule has 0 fully saturated rings. The number of rotatable bonds is 4. The zero-order valence-electron chi connectivity index (χ0n) is 5.69. The first kappa shape index (κ1) is 9.86. The minimum atomic E-state index is -1.25. The van der Waals surface area contributed by atoms with Crippen LogP contribution in [0.15, 0.2) is 0 Å². The lowest BCUT2D eigenvalue weighted by atomic mass is 10.3. The van der Waals surface area contributed by atoms with Crippen molar-refractivity contribution in [2.24, 2.45) is 5.73 Å². The van der Waals surface area contributed by atoms with Gasteiger partial charge in [0.1, 0.15) is 19.3 Å². The van der Waals surface area contributed by atoms with E-state index in [4.69, 9.17) is 15.9 Å². The van der Waals surface area contributed by atoms with Crippen LogP contribution in [0.25, 0.3) is 0 Å². The number of aliphatic carboxylic acids is 1. The molecule has 0 aliphatic carbocycles. The molecular weight excluding hydrogens is 154 g/mol. The Morgan fingerprint density at radius 3 is 2.45 bits per heavy atom. The maximum absolute atomic E-state index is 10.2. The predicted molar refractivity (Wildman–Crippen MR) is 33.7 cm³/mol. The van der Waals surface area contributed by atoms with E-state index in [1.807, 2.05) is 0 Å². The Bertz CT molecular complexity index is 157. The number of ether oxygens (including phenoxy) is 1. The van der Waals surface area contributed by atoms with Crippen molar-refractivity contribution >= 4 is 11.9 Å². The summed E-state index contributed by atoms with van der Waals surface area (Å²) in [5.41, 5.74) is 4.96. The molecule has 1 atom stereocenters. The van der Waals surface area contributed by atoms with Crippen LogP contribution in [-0.4, -0.2) is 41.4 Å². The Morgan fingerprint density at radius 2 is 2.09 bits per heavy atom. The van der Waals surface area contributed by atoms with E-state index in [0.29, 0.717) is 0 Å². The van der Waals surface area contributed by atoms with E-state index in [0.717, 1.165) is 0 Å². The van der Waals surface area contributed by atoms with Gasteiger partial charge in [-0.05, 0) is 0 Å². The molecule has 0 saturated heterocycles. The Balaban J connectivity index is 3.54. The number of esters is 1. The fraction of sp³-hybridized carbons (Fsp3) is 0.600. The summed E-state index contributed by atoms with van der Waals surface area (Å²) >= 11 is 0. The molecule has 0 aromatic heterocycles. The Morgan fingerprint density at radius 1 is 1.55 bits per heavy atom. The number of carbonyl (C=O) groups is 2. The van der Waals surface area contributed by atoms with Crippen LogP contribution in [0, 0.1) is 0 Å². The van der Waals surface area contributed by atoms with Crippen LogP contribution in [0.1, 0.15) is 0 Å². The molecule has 0 aromatic rings. The van der Waals surface area contributed by atoms with Crippen molar-refractivity contribution < 1.29 is 24.5 Å². The number of nitrogens with two attached hydrogens (primary N) is 1. The molecule has 11 heavy (non-hydrogen) atoms. The standard InChI is InChI=1S/C5H9NO5/c6-3(5(9)10)2-11-4(8)1-7/h3,7H,1-2,6H2,(H,9,10). The highest BCUT2D eigenvalue weighted by Crippen LogP contribution is 1.82. The van der Waals surface area contributed by atoms with Crippen molar-refractivity contribution in [3.05, 3.63) is 0 Å². The minimum absolute atomic E-state index is 0.422. The molecule has 0 saturated carbocycles. The van der Waals surface area contributed by atoms with E-state index in [1.165, 1.54) is 0 Å². The highest BCUT2D eigenvalue weighted by atomic mass is 16.5. The van der Waals surface area contributed by atoms with E-state index < -0.39 is 31.2 Å². The Kier molecular flexibility index (Phi) is 4.16. The van der Waals surface area contributed by atoms with Crippen molar-refractivity contribution in [3.63, 3.8) is 0 Å². The molecular formula is C5H9NO5. The van der Waals surface area contributed by atoms with E-state index in [2.05, 4.69) is 4.74 Å². The summed E-state index contributed by atoms with van der Waals surface area (Å²) in [6.45, 7) is -1.19. The summed E-state index contributed by atoms with van der Waals surface area (Å²) in [7, 11) is 0. The number of carboxylic acids is 1. The largest absolute Gasteiger partial charge is 0.480 e. The number of aliphatic hydroxyl groups excluding tert-OH is 1. The molecule has 1 unspecified atom stereocenters. The summed E-state index contributed by atoms with van der Waals surface area (Å²) in [6, 6.07) is -1.23. The quantitative estimate of drug-likeness (QED) is 0.411. The lowest BCUT2D eigenvalue weighted by Gasteiger charge is -2.05. The highest BCUT2D eigenvalue weighted by molar-refractivity contribution is 5.74. The normalized spacial score (nSPS) is 12.2. The lowest BCUT2D eigenvalue weighted by Crippen LogP contribution is -2.36. The fourth-order valence-corrected chi connectivity index (χ4v) is 0.300. The van der Waals surface area contributed by atoms with Crippen molar-refractivity contribution in [1.82, 2.24) is 0 Å². The highest BCUT2D eigenvalue weighted by Gasteiger charge is 2.13. The van der Waals surface area contributed by atoms with Crippen LogP contribution in [-0.2, 0) is 14.3 Å². The summed E-state index contributed by atoms with van der Waals surface area (Å²) in [4.78, 5) is 20.2. The maximum Gasteiger partial charge on any atom is 0.331 e. The van der Waals surface area contributed by atoms with Gasteiger partial charge in [-0.3, -0.25) is 4.79 Å². The van der Waals surface area contributed by atoms with Gasteiger partial charge in [0.05, 0.1) is 0 Å². The Labute approximate surface area is 62.6 Å². The van der Waals surface area contributed by atoms with Crippen molar-refractivity contribution in [2.75, 3.05) is 13.2 Å². The first-order chi connectivity index (χ1) is 5.07. The SMILES string of the molecule is NC(COC(=O)CO)C(=O)O. The van der Waals surface area contributed by atoms with Crippen LogP contribution in [0.4, 0.5) is 0 Å². The second-order valence-corrected chi connectivity index (χ2v) is 1.79. The molecule has 0 bridgehead atoms. The molecule has 0 amide bonds. The number of carboxylic acid groups (broad SMARTS) is 1. The summed E-state index contributed by atoms with van der Waals surface area (Å²) in [5, 5.41) is 16.3. The van der Waals surface area contributed by atoms with Gasteiger partial charge in [0.25, 0.3) is 0 Å². The average molecular weight is 163 g/mol. The number of aliphatic hydroxyl groups is 1. The molecule has 0 radical (unpaired) electrons. The van der Waals surface area contributed by atoms with E-state index >= 15 is 0 Å². The van der Waals surface area contributed by atoms with E-state index in [-0.39, 0.29) is 0 Å². The molecule has 6 nitrogen and oxygen atoms in total. The Hall–Kier alpha value is -1.14. The van der Waals surface area contributed by atoms with Gasteiger partial charge >= 0.3 is 11.9 Å². The van der Waals surface area contributed by atoms with Crippen molar-refractivity contribution in [3.8, 4) is 0 Å². The molecule has 0 aliphatic rings. The summed E-state index contributed by atoms with van der Waals surface area (Å²) in [5.74, 6) is -2.14. The van der Waals surface area contributed by atoms with Gasteiger partial charge in [0.2, 0.25) is 0 Å². The van der Waals surface area contributed by atoms with Gasteiger partial charge in [-0.2, -0.15) is 0 Å². The average Bonchev–Trinajstić information content (AvgIpc) is 1.99. The molecule has 0 aromatic carbocycles. The molecule has 0 heterocycles. The third-order valence-corrected chi connectivity index (χ3v) is 0.870. The topological polar surface area (TPSA) is 110 Å². The zero-order valence-corrected chi connectivity index (χ0v) is 5.69. The number of carbonyl (C=O) groups excluding carboxylic acids is 1. The van der Waals surface area contributed by atoms with Crippen LogP contribution >= 0.6 is 0 Å². The van der Waals surface area contributed by atoms with Gasteiger partial charge in [0, 0.05) is 0 Å². The first-order valence-corrected chi connectivity index (χ1v) is 2.82. The first-order valence-electron chi connectivity index (χ1n) is 2.82. The van der Waals surface area contributed by atoms with Gasteiger partial charge in [0.15, 0.2) is 0 Å². The van der Waals surface area contributed by atoms with Crippen molar-refractivity contribution in [1.29, 1.82) is 0 Å². The van der Waals surface area contributed by atoms with Crippen LogP contribution in [0.3, 0.4) is 0 Å². The van der Waals surface area contributed by atoms with E-state index in [1.54, 1.807) is 0 Å². The fourth-order valence-electron chi connectivity index (χ4n) is 0.300. The summed E-state index contributed by atoms with van der Waals surface area (Å²) < 4.78 is 4.22. The molecule has 0 aliphatic heterocycles. The van der Waals surface area contributed by atoms with E-state index in [9.17, 15) is 9.59 Å². The molecule has 6 heteroatoms. The molecule has 64 valence electrons. The number of hydrogen-bond donors (Lipinski definition) is 3. The monoisotopic (exact) mass is 163 g/mol. The van der Waals surface area contributed by atoms with Crippen molar-refractivity contribution in [2.45, 2.75) is 6.04 Å². The van der Waals surface area contributed by atoms with Crippen LogP contribution in [0.2, 0.25) is 0 Å². The maximum atomic E-state index is 10.2. The van der Waals surface area contributed by atoms with Gasteiger partial charge in [-0.1, -0.05) is 0 Å².